The summed E-state index contributed by atoms with van der Waals surface area (Å²) in [7, 11) is 1.51. The Hall–Kier alpha value is -1.80. The molecule has 1 N–H and O–H groups in total. The second-order valence-corrected chi connectivity index (χ2v) is 7.19. The zero-order valence-electron chi connectivity index (χ0n) is 13.5. The number of halogens is 2. The Morgan fingerprint density at radius 3 is 2.80 bits per heavy atom. The van der Waals surface area contributed by atoms with E-state index in [2.05, 4.69) is 27.9 Å². The maximum Gasteiger partial charge on any atom is 0.259 e. The lowest BCUT2D eigenvalue weighted by Gasteiger charge is -2.17. The third kappa shape index (κ3) is 3.90. The molecular weight excluding hydrogens is 455 g/mol. The number of benzene rings is 2. The fraction of sp³-hybridized carbons (Fsp3) is 0.222. The van der Waals surface area contributed by atoms with Crippen molar-refractivity contribution in [2.45, 2.75) is 12.8 Å². The van der Waals surface area contributed by atoms with Crippen LogP contribution in [0, 0.1) is 3.57 Å². The molecule has 1 aliphatic heterocycles. The number of nitrogens with one attached hydrogen (secondary N) is 1. The van der Waals surface area contributed by atoms with Gasteiger partial charge in [0, 0.05) is 27.9 Å². The standard InChI is InChI=1S/C18H16ClIN2O3/c1-25-16-10-15(20)14(19)9-13(16)18(24)21-11-4-2-5-12(8-11)22-7-3-6-17(22)23/h2,4-5,8-10H,3,6-7H2,1H3,(H,21,24). The first-order chi connectivity index (χ1) is 12.0. The number of hydrogen-bond acceptors (Lipinski definition) is 3. The number of carbonyl (C=O) groups excluding carboxylic acids is 2. The quantitative estimate of drug-likeness (QED) is 0.677. The van der Waals surface area contributed by atoms with E-state index in [9.17, 15) is 9.59 Å². The van der Waals surface area contributed by atoms with E-state index in [1.165, 1.54) is 7.11 Å². The number of carbonyl (C=O) groups is 2. The maximum absolute atomic E-state index is 12.6. The van der Waals surface area contributed by atoms with E-state index in [0.29, 0.717) is 35.0 Å². The molecule has 0 atom stereocenters. The van der Waals surface area contributed by atoms with Crippen molar-refractivity contribution in [3.63, 3.8) is 0 Å². The lowest BCUT2D eigenvalue weighted by atomic mass is 10.1. The van der Waals surface area contributed by atoms with Crippen molar-refractivity contribution in [2.75, 3.05) is 23.9 Å². The van der Waals surface area contributed by atoms with Gasteiger partial charge in [0.2, 0.25) is 5.91 Å². The normalized spacial score (nSPS) is 13.9. The average molecular weight is 471 g/mol. The Bertz CT molecular complexity index is 841. The largest absolute Gasteiger partial charge is 0.496 e. The smallest absolute Gasteiger partial charge is 0.259 e. The van der Waals surface area contributed by atoms with Crippen LogP contribution in [0.25, 0.3) is 0 Å². The number of nitrogens with zero attached hydrogens (tertiary/aromatic N) is 1. The summed E-state index contributed by atoms with van der Waals surface area (Å²) in [5, 5.41) is 3.33. The Morgan fingerprint density at radius 1 is 1.32 bits per heavy atom. The van der Waals surface area contributed by atoms with Crippen LogP contribution in [0.5, 0.6) is 5.75 Å². The molecule has 0 radical (unpaired) electrons. The van der Waals surface area contributed by atoms with Crippen LogP contribution in [0.15, 0.2) is 36.4 Å². The van der Waals surface area contributed by atoms with Gasteiger partial charge in [0.1, 0.15) is 5.75 Å². The lowest BCUT2D eigenvalue weighted by Crippen LogP contribution is -2.23. The number of hydrogen-bond donors (Lipinski definition) is 1. The van der Waals surface area contributed by atoms with E-state index in [0.717, 1.165) is 15.7 Å². The molecule has 25 heavy (non-hydrogen) atoms. The minimum absolute atomic E-state index is 0.106. The molecule has 0 bridgehead atoms. The monoisotopic (exact) mass is 470 g/mol. The van der Waals surface area contributed by atoms with Gasteiger partial charge in [-0.15, -0.1) is 0 Å². The highest BCUT2D eigenvalue weighted by atomic mass is 127. The van der Waals surface area contributed by atoms with Gasteiger partial charge >= 0.3 is 0 Å². The van der Waals surface area contributed by atoms with Crippen molar-refractivity contribution in [2.24, 2.45) is 0 Å². The van der Waals surface area contributed by atoms with Crippen molar-refractivity contribution in [1.82, 2.24) is 0 Å². The zero-order valence-corrected chi connectivity index (χ0v) is 16.4. The van der Waals surface area contributed by atoms with Crippen LogP contribution >= 0.6 is 34.2 Å². The minimum Gasteiger partial charge on any atom is -0.496 e. The topological polar surface area (TPSA) is 58.6 Å². The third-order valence-corrected chi connectivity index (χ3v) is 5.50. The van der Waals surface area contributed by atoms with E-state index in [4.69, 9.17) is 16.3 Å². The summed E-state index contributed by atoms with van der Waals surface area (Å²) >= 11 is 8.21. The highest BCUT2D eigenvalue weighted by Gasteiger charge is 2.22. The van der Waals surface area contributed by atoms with Gasteiger partial charge in [-0.3, -0.25) is 9.59 Å². The fourth-order valence-electron chi connectivity index (χ4n) is 2.75. The first kappa shape index (κ1) is 18.0. The summed E-state index contributed by atoms with van der Waals surface area (Å²) in [6.45, 7) is 0.705. The maximum atomic E-state index is 12.6. The van der Waals surface area contributed by atoms with E-state index < -0.39 is 0 Å². The molecule has 0 aromatic heterocycles. The molecule has 130 valence electrons. The van der Waals surface area contributed by atoms with Crippen LogP contribution in [0.4, 0.5) is 11.4 Å². The van der Waals surface area contributed by atoms with Gasteiger partial charge < -0.3 is 15.0 Å². The van der Waals surface area contributed by atoms with Crippen molar-refractivity contribution in [3.8, 4) is 5.75 Å². The Morgan fingerprint density at radius 2 is 2.12 bits per heavy atom. The van der Waals surface area contributed by atoms with Gasteiger partial charge in [-0.25, -0.2) is 0 Å². The zero-order chi connectivity index (χ0) is 18.0. The summed E-state index contributed by atoms with van der Waals surface area (Å²) < 4.78 is 6.09. The van der Waals surface area contributed by atoms with Gasteiger partial charge in [-0.1, -0.05) is 17.7 Å². The lowest BCUT2D eigenvalue weighted by molar-refractivity contribution is -0.117. The summed E-state index contributed by atoms with van der Waals surface area (Å²) in [6, 6.07) is 10.6. The number of rotatable bonds is 4. The van der Waals surface area contributed by atoms with E-state index >= 15 is 0 Å². The van der Waals surface area contributed by atoms with Crippen molar-refractivity contribution < 1.29 is 14.3 Å². The molecule has 1 fully saturated rings. The number of anilines is 2. The van der Waals surface area contributed by atoms with E-state index in [1.54, 1.807) is 29.2 Å². The highest BCUT2D eigenvalue weighted by Crippen LogP contribution is 2.29. The first-order valence-electron chi connectivity index (χ1n) is 7.74. The second kappa shape index (κ2) is 7.61. The second-order valence-electron chi connectivity index (χ2n) is 5.62. The van der Waals surface area contributed by atoms with Crippen molar-refractivity contribution in [1.29, 1.82) is 0 Å². The molecule has 7 heteroatoms. The molecule has 0 aliphatic carbocycles. The molecule has 1 saturated heterocycles. The predicted molar refractivity (Wildman–Crippen MR) is 107 cm³/mol. The molecule has 2 aromatic carbocycles. The Balaban J connectivity index is 1.84. The molecular formula is C18H16ClIN2O3. The van der Waals surface area contributed by atoms with Crippen LogP contribution in [0.2, 0.25) is 5.02 Å². The van der Waals surface area contributed by atoms with Crippen LogP contribution in [-0.2, 0) is 4.79 Å². The molecule has 1 heterocycles. The molecule has 0 spiro atoms. The molecule has 0 saturated carbocycles. The Kier molecular flexibility index (Phi) is 5.48. The predicted octanol–water partition coefficient (Wildman–Crippen LogP) is 4.33. The molecule has 2 aromatic rings. The van der Waals surface area contributed by atoms with Gasteiger partial charge in [0.05, 0.1) is 17.7 Å². The van der Waals surface area contributed by atoms with Gasteiger partial charge in [0.25, 0.3) is 5.91 Å². The van der Waals surface area contributed by atoms with Gasteiger partial charge in [-0.2, -0.15) is 0 Å². The van der Waals surface area contributed by atoms with Gasteiger partial charge in [-0.05, 0) is 59.3 Å². The molecule has 3 rings (SSSR count). The number of methoxy groups -OCH3 is 1. The van der Waals surface area contributed by atoms with E-state index in [-0.39, 0.29) is 11.8 Å². The molecule has 0 unspecified atom stereocenters. The summed E-state index contributed by atoms with van der Waals surface area (Å²) in [5.74, 6) is 0.242. The molecule has 1 aliphatic rings. The first-order valence-corrected chi connectivity index (χ1v) is 9.20. The minimum atomic E-state index is -0.319. The van der Waals surface area contributed by atoms with Crippen LogP contribution < -0.4 is 15.0 Å². The molecule has 5 nitrogen and oxygen atoms in total. The third-order valence-electron chi connectivity index (χ3n) is 3.98. The number of amides is 2. The van der Waals surface area contributed by atoms with Crippen LogP contribution in [0.3, 0.4) is 0 Å². The SMILES string of the molecule is COc1cc(I)c(Cl)cc1C(=O)Nc1cccc(N2CCCC2=O)c1. The average Bonchev–Trinajstić information content (AvgIpc) is 3.03. The Labute approximate surface area is 164 Å². The highest BCUT2D eigenvalue weighted by molar-refractivity contribution is 14.1. The van der Waals surface area contributed by atoms with Crippen molar-refractivity contribution in [3.05, 3.63) is 50.6 Å². The van der Waals surface area contributed by atoms with E-state index in [1.807, 2.05) is 12.1 Å². The number of ether oxygens (including phenoxy) is 1. The van der Waals surface area contributed by atoms with Gasteiger partial charge in [0.15, 0.2) is 0 Å². The molecule has 2 amide bonds. The fourth-order valence-corrected chi connectivity index (χ4v) is 3.35. The summed E-state index contributed by atoms with van der Waals surface area (Å²) in [4.78, 5) is 26.2. The van der Waals surface area contributed by atoms with Crippen molar-refractivity contribution >= 4 is 57.4 Å². The van der Waals surface area contributed by atoms with Crippen LogP contribution in [-0.4, -0.2) is 25.5 Å². The summed E-state index contributed by atoms with van der Waals surface area (Å²) in [5.41, 5.74) is 1.75. The summed E-state index contributed by atoms with van der Waals surface area (Å²) in [6.07, 6.45) is 1.42. The van der Waals surface area contributed by atoms with Crippen LogP contribution in [0.1, 0.15) is 23.2 Å².